The molecule has 172 valence electrons. The fourth-order valence-corrected chi connectivity index (χ4v) is 4.61. The zero-order chi connectivity index (χ0) is 23.7. The van der Waals surface area contributed by atoms with E-state index in [9.17, 15) is 9.59 Å². The van der Waals surface area contributed by atoms with E-state index in [-0.39, 0.29) is 11.8 Å². The predicted octanol–water partition coefficient (Wildman–Crippen LogP) is 5.69. The predicted molar refractivity (Wildman–Crippen MR) is 138 cm³/mol. The molecule has 0 radical (unpaired) electrons. The van der Waals surface area contributed by atoms with E-state index in [4.69, 9.17) is 0 Å². The lowest BCUT2D eigenvalue weighted by Gasteiger charge is -2.28. The van der Waals surface area contributed by atoms with E-state index in [1.165, 1.54) is 29.8 Å². The van der Waals surface area contributed by atoms with E-state index in [1.54, 1.807) is 0 Å². The third kappa shape index (κ3) is 4.21. The van der Waals surface area contributed by atoms with Crippen molar-refractivity contribution in [3.05, 3.63) is 95.2 Å². The number of aryl methyl sites for hydroxylation is 2. The Hall–Kier alpha value is -3.86. The molecule has 2 aliphatic heterocycles. The van der Waals surface area contributed by atoms with Crippen molar-refractivity contribution in [1.82, 2.24) is 0 Å². The van der Waals surface area contributed by atoms with Crippen molar-refractivity contribution in [1.29, 1.82) is 0 Å². The Morgan fingerprint density at radius 2 is 1.21 bits per heavy atom. The first-order valence-corrected chi connectivity index (χ1v) is 11.9. The molecule has 3 aromatic carbocycles. The molecule has 0 aliphatic carbocycles. The van der Waals surface area contributed by atoms with Gasteiger partial charge < -0.3 is 10.2 Å². The molecule has 2 heterocycles. The minimum absolute atomic E-state index is 0.306. The van der Waals surface area contributed by atoms with Gasteiger partial charge in [-0.1, -0.05) is 47.5 Å². The molecule has 0 atom stereocenters. The Morgan fingerprint density at radius 3 is 1.82 bits per heavy atom. The number of anilines is 3. The maximum Gasteiger partial charge on any atom is 0.282 e. The van der Waals surface area contributed by atoms with Gasteiger partial charge in [0.2, 0.25) is 0 Å². The van der Waals surface area contributed by atoms with Crippen LogP contribution in [0.4, 0.5) is 17.1 Å². The Bertz CT molecular complexity index is 1240. The van der Waals surface area contributed by atoms with Crippen LogP contribution in [-0.4, -0.2) is 24.9 Å². The van der Waals surface area contributed by atoms with Crippen LogP contribution < -0.4 is 15.1 Å². The second-order valence-corrected chi connectivity index (χ2v) is 9.12. The summed E-state index contributed by atoms with van der Waals surface area (Å²) < 4.78 is 0. The van der Waals surface area contributed by atoms with E-state index >= 15 is 0 Å². The number of rotatable bonds is 5. The minimum atomic E-state index is -0.343. The maximum absolute atomic E-state index is 13.5. The van der Waals surface area contributed by atoms with Crippen molar-refractivity contribution in [2.24, 2.45) is 0 Å². The molecule has 0 aromatic heterocycles. The topological polar surface area (TPSA) is 52.7 Å². The Labute approximate surface area is 200 Å². The molecule has 1 N–H and O–H groups in total. The van der Waals surface area contributed by atoms with E-state index in [2.05, 4.69) is 22.3 Å². The van der Waals surface area contributed by atoms with Crippen molar-refractivity contribution < 1.29 is 9.59 Å². The molecule has 5 nitrogen and oxygen atoms in total. The first-order chi connectivity index (χ1) is 16.5. The van der Waals surface area contributed by atoms with E-state index < -0.39 is 0 Å². The molecule has 3 aromatic rings. The van der Waals surface area contributed by atoms with Crippen LogP contribution in [0.5, 0.6) is 0 Å². The van der Waals surface area contributed by atoms with E-state index in [1.807, 2.05) is 74.5 Å². The van der Waals surface area contributed by atoms with Crippen LogP contribution in [-0.2, 0) is 9.59 Å². The van der Waals surface area contributed by atoms with E-state index in [0.29, 0.717) is 17.0 Å². The molecule has 1 saturated heterocycles. The Balaban J connectivity index is 1.49. The van der Waals surface area contributed by atoms with Gasteiger partial charge in [-0.2, -0.15) is 0 Å². The molecule has 2 aliphatic rings. The smallest absolute Gasteiger partial charge is 0.282 e. The SMILES string of the molecule is Cc1ccc(C2=C(Nc3ccc(N4CCCCC4)cc3)C(=O)N(c3ccc(C)cc3)C2=O)cc1. The molecular formula is C29H29N3O2. The number of nitrogens with zero attached hydrogens (tertiary/aromatic N) is 2. The second kappa shape index (κ2) is 9.18. The zero-order valence-electron chi connectivity index (χ0n) is 19.7. The highest BCUT2D eigenvalue weighted by atomic mass is 16.2. The standard InChI is InChI=1S/C29H29N3O2/c1-20-6-10-22(11-7-20)26-27(29(34)32(28(26)33)25-14-8-21(2)9-15-25)30-23-12-16-24(17-13-23)31-18-4-3-5-19-31/h6-17,30H,3-5,18-19H2,1-2H3. The molecule has 0 unspecified atom stereocenters. The minimum Gasteiger partial charge on any atom is -0.372 e. The van der Waals surface area contributed by atoms with Crippen molar-refractivity contribution in [3.63, 3.8) is 0 Å². The third-order valence-corrected chi connectivity index (χ3v) is 6.57. The molecule has 2 amide bonds. The average Bonchev–Trinajstić information content (AvgIpc) is 3.10. The Kier molecular flexibility index (Phi) is 5.93. The number of hydrogen-bond donors (Lipinski definition) is 1. The van der Waals surface area contributed by atoms with Gasteiger partial charge in [-0.05, 0) is 75.1 Å². The van der Waals surface area contributed by atoms with Crippen molar-refractivity contribution in [2.45, 2.75) is 33.1 Å². The van der Waals surface area contributed by atoms with Crippen LogP contribution in [0.2, 0.25) is 0 Å². The molecular weight excluding hydrogens is 422 g/mol. The highest BCUT2D eigenvalue weighted by Crippen LogP contribution is 2.34. The van der Waals surface area contributed by atoms with Gasteiger partial charge in [0, 0.05) is 24.5 Å². The maximum atomic E-state index is 13.5. The van der Waals surface area contributed by atoms with Crippen LogP contribution in [0.1, 0.15) is 36.0 Å². The molecule has 5 rings (SSSR count). The lowest BCUT2D eigenvalue weighted by Crippen LogP contribution is -2.32. The summed E-state index contributed by atoms with van der Waals surface area (Å²) in [6, 6.07) is 23.3. The second-order valence-electron chi connectivity index (χ2n) is 9.12. The van der Waals surface area contributed by atoms with Gasteiger partial charge in [-0.15, -0.1) is 0 Å². The highest BCUT2D eigenvalue weighted by Gasteiger charge is 2.40. The number of benzene rings is 3. The molecule has 34 heavy (non-hydrogen) atoms. The molecule has 1 fully saturated rings. The van der Waals surface area contributed by atoms with Gasteiger partial charge >= 0.3 is 0 Å². The number of carbonyl (C=O) groups excluding carboxylic acids is 2. The number of hydrogen-bond acceptors (Lipinski definition) is 4. The van der Waals surface area contributed by atoms with Crippen LogP contribution >= 0.6 is 0 Å². The van der Waals surface area contributed by atoms with Gasteiger partial charge in [0.25, 0.3) is 11.8 Å². The fourth-order valence-electron chi connectivity index (χ4n) is 4.61. The van der Waals surface area contributed by atoms with Gasteiger partial charge in [0.1, 0.15) is 5.70 Å². The number of carbonyl (C=O) groups is 2. The lowest BCUT2D eigenvalue weighted by molar-refractivity contribution is -0.120. The quantitative estimate of drug-likeness (QED) is 0.506. The van der Waals surface area contributed by atoms with Crippen LogP contribution in [0.15, 0.2) is 78.5 Å². The Morgan fingerprint density at radius 1 is 0.647 bits per heavy atom. The van der Waals surface area contributed by atoms with Gasteiger partial charge in [0.05, 0.1) is 11.3 Å². The molecule has 5 heteroatoms. The summed E-state index contributed by atoms with van der Waals surface area (Å²) in [5, 5.41) is 3.27. The monoisotopic (exact) mass is 451 g/mol. The van der Waals surface area contributed by atoms with Crippen LogP contribution in [0, 0.1) is 13.8 Å². The van der Waals surface area contributed by atoms with Gasteiger partial charge in [0.15, 0.2) is 0 Å². The summed E-state index contributed by atoms with van der Waals surface area (Å²) in [7, 11) is 0. The highest BCUT2D eigenvalue weighted by molar-refractivity contribution is 6.46. The fraction of sp³-hybridized carbons (Fsp3) is 0.241. The van der Waals surface area contributed by atoms with Crippen molar-refractivity contribution in [3.8, 4) is 0 Å². The normalized spacial score (nSPS) is 16.4. The zero-order valence-corrected chi connectivity index (χ0v) is 19.7. The van der Waals surface area contributed by atoms with Crippen molar-refractivity contribution >= 4 is 34.4 Å². The third-order valence-electron chi connectivity index (χ3n) is 6.57. The number of amides is 2. The summed E-state index contributed by atoms with van der Waals surface area (Å²) in [5.74, 6) is -0.658. The van der Waals surface area contributed by atoms with Gasteiger partial charge in [-0.3, -0.25) is 9.59 Å². The largest absolute Gasteiger partial charge is 0.372 e. The molecule has 0 bridgehead atoms. The van der Waals surface area contributed by atoms with Crippen LogP contribution in [0.25, 0.3) is 5.57 Å². The number of piperidine rings is 1. The lowest BCUT2D eigenvalue weighted by atomic mass is 10.0. The average molecular weight is 452 g/mol. The summed E-state index contributed by atoms with van der Waals surface area (Å²) in [5.41, 5.74) is 6.14. The van der Waals surface area contributed by atoms with Gasteiger partial charge in [-0.25, -0.2) is 4.90 Å². The van der Waals surface area contributed by atoms with Crippen LogP contribution in [0.3, 0.4) is 0 Å². The number of imide groups is 1. The summed E-state index contributed by atoms with van der Waals surface area (Å²) >= 11 is 0. The van der Waals surface area contributed by atoms with Crippen molar-refractivity contribution in [2.75, 3.05) is 28.2 Å². The first kappa shape index (κ1) is 22.0. The summed E-state index contributed by atoms with van der Waals surface area (Å²) in [6.45, 7) is 6.14. The summed E-state index contributed by atoms with van der Waals surface area (Å²) in [4.78, 5) is 30.8. The van der Waals surface area contributed by atoms with E-state index in [0.717, 1.165) is 35.5 Å². The molecule has 0 saturated carbocycles. The first-order valence-electron chi connectivity index (χ1n) is 11.9. The molecule has 0 spiro atoms. The number of nitrogens with one attached hydrogen (secondary N) is 1. The summed E-state index contributed by atoms with van der Waals surface area (Å²) in [6.07, 6.45) is 3.73.